The summed E-state index contributed by atoms with van der Waals surface area (Å²) in [7, 11) is 0. The molecule has 5 heteroatoms. The highest BCUT2D eigenvalue weighted by atomic mass is 15.2. The van der Waals surface area contributed by atoms with Crippen LogP contribution in [0, 0.1) is 12.8 Å². The zero-order valence-corrected chi connectivity index (χ0v) is 12.5. The summed E-state index contributed by atoms with van der Waals surface area (Å²) in [5.41, 5.74) is 3.71. The first kappa shape index (κ1) is 14.2. The first-order chi connectivity index (χ1) is 10.3. The lowest BCUT2D eigenvalue weighted by Gasteiger charge is -2.25. The lowest BCUT2D eigenvalue weighted by molar-refractivity contribution is 0.220. The maximum atomic E-state index is 4.23. The van der Waals surface area contributed by atoms with Gasteiger partial charge in [-0.05, 0) is 44.0 Å². The molecule has 1 aliphatic heterocycles. The van der Waals surface area contributed by atoms with Gasteiger partial charge in [-0.25, -0.2) is 0 Å². The topological polar surface area (TPSA) is 56.8 Å². The van der Waals surface area contributed by atoms with Crippen molar-refractivity contribution in [1.29, 1.82) is 0 Å². The fraction of sp³-hybridized carbons (Fsp3) is 0.500. The molecule has 0 bridgehead atoms. The van der Waals surface area contributed by atoms with Crippen molar-refractivity contribution in [1.82, 2.24) is 25.4 Å². The predicted molar refractivity (Wildman–Crippen MR) is 82.7 cm³/mol. The summed E-state index contributed by atoms with van der Waals surface area (Å²) in [5, 5.41) is 10.6. The molecule has 21 heavy (non-hydrogen) atoms. The van der Waals surface area contributed by atoms with Crippen LogP contribution in [0.15, 0.2) is 30.7 Å². The van der Waals surface area contributed by atoms with Gasteiger partial charge < -0.3 is 5.32 Å². The van der Waals surface area contributed by atoms with Crippen LogP contribution in [0.4, 0.5) is 0 Å². The van der Waals surface area contributed by atoms with Crippen LogP contribution < -0.4 is 5.32 Å². The molecule has 0 radical (unpaired) electrons. The lowest BCUT2D eigenvalue weighted by atomic mass is 10.1. The average Bonchev–Trinajstić information content (AvgIpc) is 3.13. The van der Waals surface area contributed by atoms with E-state index in [0.717, 1.165) is 44.3 Å². The highest BCUT2D eigenvalue weighted by Crippen LogP contribution is 2.16. The van der Waals surface area contributed by atoms with Gasteiger partial charge in [0.15, 0.2) is 0 Å². The van der Waals surface area contributed by atoms with Crippen LogP contribution in [-0.4, -0.2) is 39.7 Å². The SMILES string of the molecule is Cc1[nH]ncc1CN(Cc1cccnc1)CC1CCNC1. The van der Waals surface area contributed by atoms with Crippen molar-refractivity contribution < 1.29 is 0 Å². The largest absolute Gasteiger partial charge is 0.316 e. The number of aromatic amines is 1. The zero-order chi connectivity index (χ0) is 14.5. The first-order valence-electron chi connectivity index (χ1n) is 7.62. The molecule has 0 saturated carbocycles. The van der Waals surface area contributed by atoms with E-state index in [4.69, 9.17) is 0 Å². The summed E-state index contributed by atoms with van der Waals surface area (Å²) in [6, 6.07) is 4.16. The molecular formula is C16H23N5. The molecule has 0 aliphatic carbocycles. The van der Waals surface area contributed by atoms with Crippen molar-refractivity contribution in [2.45, 2.75) is 26.4 Å². The third-order valence-corrected chi connectivity index (χ3v) is 4.14. The van der Waals surface area contributed by atoms with Gasteiger partial charge in [0.05, 0.1) is 6.20 Å². The summed E-state index contributed by atoms with van der Waals surface area (Å²) in [6.07, 6.45) is 7.00. The van der Waals surface area contributed by atoms with Gasteiger partial charge in [0.1, 0.15) is 0 Å². The van der Waals surface area contributed by atoms with Gasteiger partial charge in [-0.3, -0.25) is 15.0 Å². The summed E-state index contributed by atoms with van der Waals surface area (Å²) < 4.78 is 0. The molecule has 5 nitrogen and oxygen atoms in total. The molecular weight excluding hydrogens is 262 g/mol. The monoisotopic (exact) mass is 285 g/mol. The van der Waals surface area contributed by atoms with Crippen LogP contribution in [0.2, 0.25) is 0 Å². The predicted octanol–water partition coefficient (Wildman–Crippen LogP) is 1.72. The zero-order valence-electron chi connectivity index (χ0n) is 12.5. The van der Waals surface area contributed by atoms with E-state index < -0.39 is 0 Å². The summed E-state index contributed by atoms with van der Waals surface area (Å²) in [4.78, 5) is 6.73. The van der Waals surface area contributed by atoms with Crippen molar-refractivity contribution in [3.8, 4) is 0 Å². The van der Waals surface area contributed by atoms with E-state index in [9.17, 15) is 0 Å². The van der Waals surface area contributed by atoms with Crippen molar-refractivity contribution in [3.05, 3.63) is 47.5 Å². The second-order valence-electron chi connectivity index (χ2n) is 5.91. The summed E-state index contributed by atoms with van der Waals surface area (Å²) >= 11 is 0. The molecule has 0 spiro atoms. The van der Waals surface area contributed by atoms with E-state index in [1.807, 2.05) is 24.7 Å². The minimum absolute atomic E-state index is 0.744. The number of rotatable bonds is 6. The lowest BCUT2D eigenvalue weighted by Crippen LogP contribution is -2.30. The number of nitrogens with one attached hydrogen (secondary N) is 2. The number of H-pyrrole nitrogens is 1. The Morgan fingerprint density at radius 3 is 2.95 bits per heavy atom. The maximum absolute atomic E-state index is 4.23. The Balaban J connectivity index is 1.69. The quantitative estimate of drug-likeness (QED) is 0.848. The van der Waals surface area contributed by atoms with E-state index in [0.29, 0.717) is 0 Å². The fourth-order valence-electron chi connectivity index (χ4n) is 2.95. The summed E-state index contributed by atoms with van der Waals surface area (Å²) in [5.74, 6) is 0.744. The highest BCUT2D eigenvalue weighted by molar-refractivity contribution is 5.15. The van der Waals surface area contributed by atoms with E-state index in [2.05, 4.69) is 38.4 Å². The van der Waals surface area contributed by atoms with E-state index in [1.54, 1.807) is 0 Å². The number of hydrogen-bond acceptors (Lipinski definition) is 4. The van der Waals surface area contributed by atoms with Crippen LogP contribution in [-0.2, 0) is 13.1 Å². The van der Waals surface area contributed by atoms with Gasteiger partial charge in [0.25, 0.3) is 0 Å². The second kappa shape index (κ2) is 6.83. The van der Waals surface area contributed by atoms with Crippen LogP contribution >= 0.6 is 0 Å². The van der Waals surface area contributed by atoms with Gasteiger partial charge in [0.2, 0.25) is 0 Å². The standard InChI is InChI=1S/C16H23N5/c1-13-16(9-19-20-13)12-21(11-15-4-6-18-8-15)10-14-3-2-5-17-7-14/h2-3,5,7,9,15,18H,4,6,8,10-12H2,1H3,(H,19,20). The molecule has 0 aromatic carbocycles. The Bertz CT molecular complexity index is 545. The van der Waals surface area contributed by atoms with Gasteiger partial charge in [-0.1, -0.05) is 6.07 Å². The number of pyridine rings is 1. The number of nitrogens with zero attached hydrogens (tertiary/aromatic N) is 3. The normalized spacial score (nSPS) is 18.5. The number of hydrogen-bond donors (Lipinski definition) is 2. The Hall–Kier alpha value is -1.72. The molecule has 3 heterocycles. The molecule has 1 aliphatic rings. The highest BCUT2D eigenvalue weighted by Gasteiger charge is 2.19. The second-order valence-corrected chi connectivity index (χ2v) is 5.91. The molecule has 1 unspecified atom stereocenters. The third kappa shape index (κ3) is 3.89. The minimum atomic E-state index is 0.744. The Kier molecular flexibility index (Phi) is 4.62. The van der Waals surface area contributed by atoms with Crippen molar-refractivity contribution in [2.24, 2.45) is 5.92 Å². The van der Waals surface area contributed by atoms with Crippen LogP contribution in [0.1, 0.15) is 23.2 Å². The Morgan fingerprint density at radius 1 is 1.33 bits per heavy atom. The summed E-state index contributed by atoms with van der Waals surface area (Å²) in [6.45, 7) is 7.36. The van der Waals surface area contributed by atoms with Gasteiger partial charge in [-0.15, -0.1) is 0 Å². The van der Waals surface area contributed by atoms with E-state index in [1.165, 1.54) is 17.5 Å². The molecule has 1 saturated heterocycles. The number of aryl methyl sites for hydroxylation is 1. The number of aromatic nitrogens is 3. The molecule has 2 aromatic heterocycles. The smallest absolute Gasteiger partial charge is 0.0535 e. The van der Waals surface area contributed by atoms with Crippen LogP contribution in [0.3, 0.4) is 0 Å². The Labute approximate surface area is 125 Å². The molecule has 2 N–H and O–H groups in total. The van der Waals surface area contributed by atoms with Crippen LogP contribution in [0.5, 0.6) is 0 Å². The molecule has 1 fully saturated rings. The van der Waals surface area contributed by atoms with Gasteiger partial charge >= 0.3 is 0 Å². The Morgan fingerprint density at radius 2 is 2.29 bits per heavy atom. The van der Waals surface area contributed by atoms with E-state index in [-0.39, 0.29) is 0 Å². The fourth-order valence-corrected chi connectivity index (χ4v) is 2.95. The van der Waals surface area contributed by atoms with Crippen molar-refractivity contribution >= 4 is 0 Å². The van der Waals surface area contributed by atoms with Crippen LogP contribution in [0.25, 0.3) is 0 Å². The molecule has 112 valence electrons. The molecule has 1 atom stereocenters. The average molecular weight is 285 g/mol. The molecule has 0 amide bonds. The molecule has 2 aromatic rings. The first-order valence-corrected chi connectivity index (χ1v) is 7.62. The van der Waals surface area contributed by atoms with Crippen molar-refractivity contribution in [2.75, 3.05) is 19.6 Å². The molecule has 3 rings (SSSR count). The third-order valence-electron chi connectivity index (χ3n) is 4.14. The maximum Gasteiger partial charge on any atom is 0.0535 e. The van der Waals surface area contributed by atoms with Gasteiger partial charge in [0, 0.05) is 43.3 Å². The van der Waals surface area contributed by atoms with E-state index >= 15 is 0 Å². The minimum Gasteiger partial charge on any atom is -0.316 e. The van der Waals surface area contributed by atoms with Gasteiger partial charge in [-0.2, -0.15) is 5.10 Å². The van der Waals surface area contributed by atoms with Crippen molar-refractivity contribution in [3.63, 3.8) is 0 Å².